The second-order valence-corrected chi connectivity index (χ2v) is 8.08. The summed E-state index contributed by atoms with van der Waals surface area (Å²) in [6.07, 6.45) is 0.267. The van der Waals surface area contributed by atoms with E-state index in [9.17, 15) is 9.59 Å². The maximum Gasteiger partial charge on any atom is 0.413 e. The van der Waals surface area contributed by atoms with Gasteiger partial charge in [-0.1, -0.05) is 41.1 Å². The van der Waals surface area contributed by atoms with Crippen molar-refractivity contribution in [2.75, 3.05) is 5.32 Å². The van der Waals surface area contributed by atoms with Gasteiger partial charge in [-0.05, 0) is 38.5 Å². The number of anilines is 1. The van der Waals surface area contributed by atoms with Gasteiger partial charge in [-0.3, -0.25) is 10.1 Å². The number of aromatic nitrogens is 1. The summed E-state index contributed by atoms with van der Waals surface area (Å²) in [6, 6.07) is 11.6. The number of amides is 1. The van der Waals surface area contributed by atoms with Crippen LogP contribution < -0.4 is 10.8 Å². The molecule has 1 amide bonds. The highest BCUT2D eigenvalue weighted by molar-refractivity contribution is 7.22. The summed E-state index contributed by atoms with van der Waals surface area (Å²) in [6.45, 7) is 5.41. The van der Waals surface area contributed by atoms with E-state index in [2.05, 4.69) is 10.3 Å². The fourth-order valence-electron chi connectivity index (χ4n) is 2.60. The molecule has 0 radical (unpaired) electrons. The van der Waals surface area contributed by atoms with Gasteiger partial charge in [0.1, 0.15) is 19.7 Å². The predicted molar refractivity (Wildman–Crippen MR) is 108 cm³/mol. The second kappa shape index (κ2) is 6.92. The molecule has 3 aromatic rings. The Balaban J connectivity index is 2.04. The van der Waals surface area contributed by atoms with Crippen molar-refractivity contribution < 1.29 is 14.3 Å². The third-order valence-electron chi connectivity index (χ3n) is 3.59. The van der Waals surface area contributed by atoms with Crippen LogP contribution in [0.25, 0.3) is 21.3 Å². The number of aldehydes is 1. The lowest BCUT2D eigenvalue weighted by atomic mass is 9.92. The monoisotopic (exact) mass is 366 g/mol. The van der Waals surface area contributed by atoms with Gasteiger partial charge in [-0.15, -0.1) is 0 Å². The SMILES string of the molecule is Bc1cccc(-c2cc(C=O)cc3sc(NC(=O)OC(C)(C)C)nc23)c1. The van der Waals surface area contributed by atoms with E-state index in [1.807, 2.05) is 38.2 Å². The van der Waals surface area contributed by atoms with Crippen LogP contribution in [0.5, 0.6) is 0 Å². The molecular weight excluding hydrogens is 347 g/mol. The minimum atomic E-state index is -0.585. The number of benzene rings is 2. The molecule has 0 fully saturated rings. The highest BCUT2D eigenvalue weighted by Crippen LogP contribution is 2.34. The van der Waals surface area contributed by atoms with Crippen molar-refractivity contribution in [1.29, 1.82) is 0 Å². The van der Waals surface area contributed by atoms with Crippen molar-refractivity contribution in [1.82, 2.24) is 4.98 Å². The summed E-state index contributed by atoms with van der Waals surface area (Å²) < 4.78 is 6.10. The molecule has 1 heterocycles. The molecule has 0 atom stereocenters. The number of hydrogen-bond acceptors (Lipinski definition) is 5. The summed E-state index contributed by atoms with van der Waals surface area (Å²) in [5, 5.41) is 3.11. The third-order valence-corrected chi connectivity index (χ3v) is 4.51. The van der Waals surface area contributed by atoms with E-state index in [0.29, 0.717) is 10.7 Å². The molecular formula is C19H19BN2O3S. The molecule has 0 spiro atoms. The number of ether oxygens (including phenoxy) is 1. The van der Waals surface area contributed by atoms with E-state index in [1.165, 1.54) is 11.3 Å². The highest BCUT2D eigenvalue weighted by Gasteiger charge is 2.18. The van der Waals surface area contributed by atoms with Crippen molar-refractivity contribution in [3.8, 4) is 11.1 Å². The topological polar surface area (TPSA) is 68.3 Å². The van der Waals surface area contributed by atoms with Crippen LogP contribution in [0, 0.1) is 0 Å². The lowest BCUT2D eigenvalue weighted by molar-refractivity contribution is 0.0636. The Bertz CT molecular complexity index is 992. The Morgan fingerprint density at radius 1 is 1.27 bits per heavy atom. The van der Waals surface area contributed by atoms with Gasteiger partial charge in [-0.2, -0.15) is 0 Å². The smallest absolute Gasteiger partial charge is 0.413 e. The van der Waals surface area contributed by atoms with Crippen molar-refractivity contribution in [3.63, 3.8) is 0 Å². The zero-order valence-electron chi connectivity index (χ0n) is 15.1. The van der Waals surface area contributed by atoms with Crippen LogP contribution in [0.15, 0.2) is 36.4 Å². The average molecular weight is 366 g/mol. The fourth-order valence-corrected chi connectivity index (χ4v) is 3.52. The molecule has 0 aliphatic rings. The maximum atomic E-state index is 12.0. The van der Waals surface area contributed by atoms with E-state index < -0.39 is 11.7 Å². The van der Waals surface area contributed by atoms with Crippen LogP contribution in [-0.4, -0.2) is 30.8 Å². The molecule has 1 N–H and O–H groups in total. The van der Waals surface area contributed by atoms with Crippen molar-refractivity contribution >= 4 is 52.4 Å². The third kappa shape index (κ3) is 4.11. The Hall–Kier alpha value is -2.67. The molecule has 0 saturated carbocycles. The van der Waals surface area contributed by atoms with E-state index in [4.69, 9.17) is 4.74 Å². The zero-order chi connectivity index (χ0) is 18.9. The van der Waals surface area contributed by atoms with Crippen LogP contribution in [0.3, 0.4) is 0 Å². The summed E-state index contributed by atoms with van der Waals surface area (Å²) in [5.41, 5.74) is 3.70. The van der Waals surface area contributed by atoms with Gasteiger partial charge >= 0.3 is 6.09 Å². The summed E-state index contributed by atoms with van der Waals surface area (Å²) in [4.78, 5) is 27.9. The van der Waals surface area contributed by atoms with E-state index in [1.54, 1.807) is 26.8 Å². The molecule has 26 heavy (non-hydrogen) atoms. The Morgan fingerprint density at radius 3 is 2.69 bits per heavy atom. The number of hydrogen-bond donors (Lipinski definition) is 1. The summed E-state index contributed by atoms with van der Waals surface area (Å²) in [5.74, 6) is 0. The largest absolute Gasteiger partial charge is 0.444 e. The Morgan fingerprint density at radius 2 is 2.04 bits per heavy atom. The first-order valence-electron chi connectivity index (χ1n) is 8.22. The Labute approximate surface area is 156 Å². The molecule has 0 saturated heterocycles. The predicted octanol–water partition coefficient (Wildman–Crippen LogP) is 3.38. The van der Waals surface area contributed by atoms with E-state index >= 15 is 0 Å². The molecule has 3 rings (SSSR count). The molecule has 0 aliphatic carbocycles. The number of carbonyl (C=O) groups excluding carboxylic acids is 2. The van der Waals surface area contributed by atoms with Crippen LogP contribution in [0.4, 0.5) is 9.93 Å². The minimum Gasteiger partial charge on any atom is -0.444 e. The van der Waals surface area contributed by atoms with Crippen molar-refractivity contribution in [2.45, 2.75) is 26.4 Å². The zero-order valence-corrected chi connectivity index (χ0v) is 15.9. The van der Waals surface area contributed by atoms with Crippen LogP contribution in [0.2, 0.25) is 0 Å². The average Bonchev–Trinajstić information content (AvgIpc) is 2.93. The quantitative estimate of drug-likeness (QED) is 0.570. The van der Waals surface area contributed by atoms with Gasteiger partial charge in [0, 0.05) is 11.1 Å². The Kier molecular flexibility index (Phi) is 4.83. The number of fused-ring (bicyclic) bond motifs is 1. The van der Waals surface area contributed by atoms with Gasteiger partial charge in [0.15, 0.2) is 5.13 Å². The standard InChI is InChI=1S/C19H19BN2O3S/c1-19(2,3)25-18(24)22-17-21-16-14(12-5-4-6-13(20)9-12)7-11(10-23)8-15(16)26-17/h4-10H,20H2,1-3H3,(H,21,22,24). The van der Waals surface area contributed by atoms with Crippen molar-refractivity contribution in [2.24, 2.45) is 0 Å². The van der Waals surface area contributed by atoms with Crippen LogP contribution in [0.1, 0.15) is 31.1 Å². The first-order valence-corrected chi connectivity index (χ1v) is 9.03. The molecule has 132 valence electrons. The van der Waals surface area contributed by atoms with Crippen molar-refractivity contribution in [3.05, 3.63) is 42.0 Å². The first-order chi connectivity index (χ1) is 12.2. The first kappa shape index (κ1) is 18.1. The second-order valence-electron chi connectivity index (χ2n) is 7.05. The molecule has 0 aliphatic heterocycles. The number of nitrogens with one attached hydrogen (secondary N) is 1. The molecule has 2 aromatic carbocycles. The number of carbonyl (C=O) groups is 2. The van der Waals surface area contributed by atoms with E-state index in [-0.39, 0.29) is 0 Å². The molecule has 0 bridgehead atoms. The maximum absolute atomic E-state index is 12.0. The van der Waals surface area contributed by atoms with Gasteiger partial charge in [0.05, 0.1) is 10.2 Å². The number of thiazole rings is 1. The van der Waals surface area contributed by atoms with Gasteiger partial charge in [-0.25, -0.2) is 9.78 Å². The number of nitrogens with zero attached hydrogens (tertiary/aromatic N) is 1. The molecule has 7 heteroatoms. The highest BCUT2D eigenvalue weighted by atomic mass is 32.1. The fraction of sp³-hybridized carbons (Fsp3) is 0.211. The lowest BCUT2D eigenvalue weighted by Gasteiger charge is -2.18. The summed E-state index contributed by atoms with van der Waals surface area (Å²) in [7, 11) is 2.01. The van der Waals surface area contributed by atoms with E-state index in [0.717, 1.165) is 33.1 Å². The molecule has 5 nitrogen and oxygen atoms in total. The molecule has 1 aromatic heterocycles. The normalized spacial score (nSPS) is 11.3. The number of rotatable bonds is 3. The lowest BCUT2D eigenvalue weighted by Crippen LogP contribution is -2.27. The molecule has 0 unspecified atom stereocenters. The summed E-state index contributed by atoms with van der Waals surface area (Å²) >= 11 is 1.31. The van der Waals surface area contributed by atoms with Gasteiger partial charge < -0.3 is 4.74 Å². The van der Waals surface area contributed by atoms with Gasteiger partial charge in [0.25, 0.3) is 0 Å². The van der Waals surface area contributed by atoms with Crippen LogP contribution in [-0.2, 0) is 4.74 Å². The van der Waals surface area contributed by atoms with Crippen LogP contribution >= 0.6 is 11.3 Å². The minimum absolute atomic E-state index is 0.436. The van der Waals surface area contributed by atoms with Gasteiger partial charge in [0.2, 0.25) is 0 Å².